The first-order valence-electron chi connectivity index (χ1n) is 52.9. The largest absolute Gasteiger partial charge is 0.394 e. The third-order valence-corrected chi connectivity index (χ3v) is 39.1. The Bertz CT molecular complexity index is 3700. The van der Waals surface area contributed by atoms with Gasteiger partial charge in [0.15, 0.2) is 50.3 Å². The van der Waals surface area contributed by atoms with Crippen molar-refractivity contribution in [2.24, 2.45) is 98.1 Å². The minimum atomic E-state index is -1.95. The Morgan fingerprint density at radius 3 is 0.790 bits per heavy atom. The molecule has 28 N–H and O–H groups in total. The molecule has 44 nitrogen and oxygen atoms in total. The lowest BCUT2D eigenvalue weighted by molar-refractivity contribution is -0.365. The molecule has 8 heterocycles. The number of rotatable bonds is 36. The summed E-state index contributed by atoms with van der Waals surface area (Å²) in [5.74, 6) is 3.89. The summed E-state index contributed by atoms with van der Waals surface area (Å²) in [4.78, 5) is 0. The van der Waals surface area contributed by atoms with Gasteiger partial charge in [0.1, 0.15) is 195 Å². The fourth-order valence-corrected chi connectivity index (χ4v) is 30.7. The second kappa shape index (κ2) is 47.1. The third-order valence-electron chi connectivity index (χ3n) is 39.1. The Labute approximate surface area is 832 Å². The molecular weight excluding hydrogens is 1890 g/mol. The van der Waals surface area contributed by atoms with Crippen molar-refractivity contribution in [2.75, 3.05) is 66.1 Å². The van der Waals surface area contributed by atoms with Gasteiger partial charge in [-0.3, -0.25) is 0 Å². The van der Waals surface area contributed by atoms with Gasteiger partial charge in [0.05, 0.1) is 78.3 Å². The Hall–Kier alpha value is -1.76. The highest BCUT2D eigenvalue weighted by Crippen LogP contribution is 2.71. The number of fused-ring (bicyclic) bond motifs is 10. The Kier molecular flexibility index (Phi) is 37.5. The van der Waals surface area contributed by atoms with Crippen LogP contribution in [0, 0.1) is 98.1 Å². The van der Waals surface area contributed by atoms with Crippen LogP contribution in [0.1, 0.15) is 196 Å². The van der Waals surface area contributed by atoms with Crippen molar-refractivity contribution in [1.29, 1.82) is 0 Å². The molecule has 8 saturated carbocycles. The molecule has 8 aliphatic heterocycles. The van der Waals surface area contributed by atoms with E-state index in [0.717, 1.165) is 89.9 Å². The molecule has 0 aromatic carbocycles. The Morgan fingerprint density at radius 1 is 0.259 bits per heavy atom. The van der Waals surface area contributed by atoms with Gasteiger partial charge in [-0.2, -0.15) is 0 Å². The lowest BCUT2D eigenvalue weighted by Gasteiger charge is -2.61. The van der Waals surface area contributed by atoms with Crippen LogP contribution in [0.4, 0.5) is 0 Å². The van der Waals surface area contributed by atoms with E-state index < -0.39 is 304 Å². The van der Waals surface area contributed by atoms with Crippen molar-refractivity contribution in [1.82, 2.24) is 0 Å². The molecule has 0 aromatic heterocycles. The molecule has 0 aromatic rings. The van der Waals surface area contributed by atoms with E-state index in [9.17, 15) is 143 Å². The zero-order valence-corrected chi connectivity index (χ0v) is 82.8. The fraction of sp³-hybridized carbons (Fsp3) is 1.00. The van der Waals surface area contributed by atoms with Crippen LogP contribution in [0.25, 0.3) is 0 Å². The molecule has 0 spiro atoms. The van der Waals surface area contributed by atoms with Gasteiger partial charge >= 0.3 is 0 Å². The molecule has 0 radical (unpaired) electrons. The lowest BCUT2D eigenvalue weighted by Crippen LogP contribution is -2.65. The minimum absolute atomic E-state index is 0.0462. The first kappa shape index (κ1) is 114. The van der Waals surface area contributed by atoms with E-state index in [4.69, 9.17) is 75.8 Å². The second-order valence-corrected chi connectivity index (χ2v) is 46.7. The normalized spacial score (nSPS) is 53.2. The first-order valence-corrected chi connectivity index (χ1v) is 52.9. The van der Waals surface area contributed by atoms with Gasteiger partial charge in [-0.25, -0.2) is 0 Å². The molecule has 59 atom stereocenters. The first-order chi connectivity index (χ1) is 68.0. The molecule has 8 aliphatic carbocycles. The average Bonchev–Trinajstić information content (AvgIpc) is 1.45. The summed E-state index contributed by atoms with van der Waals surface area (Å²) in [5, 5.41) is 306. The van der Waals surface area contributed by atoms with E-state index in [1.165, 1.54) is 0 Å². The lowest BCUT2D eigenvalue weighted by atomic mass is 9.44. The number of ether oxygens (including phenoxy) is 16. The van der Waals surface area contributed by atoms with Crippen molar-refractivity contribution in [3.8, 4) is 0 Å². The third kappa shape index (κ3) is 22.1. The number of hydrogen-bond acceptors (Lipinski definition) is 44. The average molecular weight is 2060 g/mol. The number of aliphatic hydroxyl groups is 28. The summed E-state index contributed by atoms with van der Waals surface area (Å²) in [6.07, 6.45) is -48.3. The molecule has 828 valence electrons. The van der Waals surface area contributed by atoms with E-state index in [2.05, 4.69) is 41.5 Å². The zero-order valence-electron chi connectivity index (χ0n) is 82.8. The van der Waals surface area contributed by atoms with Crippen LogP contribution in [0.3, 0.4) is 0 Å². The van der Waals surface area contributed by atoms with Crippen LogP contribution in [-0.2, 0) is 75.8 Å². The predicted octanol–water partition coefficient (Wildman–Crippen LogP) is -5.80. The molecular formula is C99H168O44. The molecule has 16 aliphatic rings. The maximum atomic E-state index is 12.3. The van der Waals surface area contributed by atoms with Crippen molar-refractivity contribution in [2.45, 2.75) is 453 Å². The zero-order chi connectivity index (χ0) is 103. The fourth-order valence-electron chi connectivity index (χ4n) is 30.7. The van der Waals surface area contributed by atoms with Gasteiger partial charge in [0.25, 0.3) is 0 Å². The second-order valence-electron chi connectivity index (χ2n) is 46.7. The van der Waals surface area contributed by atoms with Crippen LogP contribution in [-0.4, -0.2) is 467 Å². The van der Waals surface area contributed by atoms with Crippen LogP contribution >= 0.6 is 0 Å². The van der Waals surface area contributed by atoms with Crippen LogP contribution in [0.15, 0.2) is 0 Å². The van der Waals surface area contributed by atoms with Gasteiger partial charge < -0.3 is 219 Å². The Balaban J connectivity index is 0.611. The van der Waals surface area contributed by atoms with Crippen molar-refractivity contribution in [3.05, 3.63) is 0 Å². The number of aliphatic hydroxyl groups excluding tert-OH is 28. The summed E-state index contributed by atoms with van der Waals surface area (Å²) in [6, 6.07) is 0. The SMILES string of the molecule is CC(CCCC(CCCC(C)C1CCC2C3CCC4CC(O[C@@H]5OC(CO)[C@@H](O[C@H]6OC(CO)[C@@H](O)C(O)[C@@H]6O)C(O)[C@@H]5O)CCC4(C)C3CCC12C)(CO[C@H]1OC(CO)[C@H](O[C@@H]2OC(CO)[C@H](O)C(O)[C@H]2O)C(O)[C@H]1O)CO[C@@H]1OC(CO)[C@@H](O[C@H]2OC(CO)[C@@H](O)C(O)[C@@H]2O)C(O)[C@@H]1O)C1CCC2C3CCC4CC(O[C@H]5OC(CO)[C@H](O[C@@H]6OC(CO)[C@H](O)C(O)[C@H]6O)C(O)[C@H]5O)CCC4(C)C3CCC12C. The highest BCUT2D eigenvalue weighted by Gasteiger charge is 2.66. The Morgan fingerprint density at radius 2 is 0.503 bits per heavy atom. The molecule has 8 saturated heterocycles. The number of hydrogen-bond donors (Lipinski definition) is 28. The van der Waals surface area contributed by atoms with Gasteiger partial charge in [-0.15, -0.1) is 0 Å². The molecule has 16 fully saturated rings. The molecule has 16 rings (SSSR count). The molecule has 0 amide bonds. The van der Waals surface area contributed by atoms with Crippen LogP contribution in [0.5, 0.6) is 0 Å². The molecule has 35 unspecified atom stereocenters. The maximum absolute atomic E-state index is 12.3. The van der Waals surface area contributed by atoms with Gasteiger partial charge in [0, 0.05) is 5.41 Å². The summed E-state index contributed by atoms with van der Waals surface area (Å²) in [7, 11) is 0. The van der Waals surface area contributed by atoms with E-state index >= 15 is 0 Å². The minimum Gasteiger partial charge on any atom is -0.394 e. The van der Waals surface area contributed by atoms with Gasteiger partial charge in [-0.1, -0.05) is 67.2 Å². The predicted molar refractivity (Wildman–Crippen MR) is 486 cm³/mol. The van der Waals surface area contributed by atoms with E-state index in [1.807, 2.05) is 0 Å². The van der Waals surface area contributed by atoms with Crippen molar-refractivity contribution in [3.63, 3.8) is 0 Å². The smallest absolute Gasteiger partial charge is 0.187 e. The van der Waals surface area contributed by atoms with Crippen LogP contribution in [0.2, 0.25) is 0 Å². The van der Waals surface area contributed by atoms with E-state index in [-0.39, 0.29) is 70.8 Å². The van der Waals surface area contributed by atoms with Crippen LogP contribution < -0.4 is 0 Å². The van der Waals surface area contributed by atoms with Crippen molar-refractivity contribution >= 4 is 0 Å². The molecule has 44 heteroatoms. The quantitative estimate of drug-likeness (QED) is 0.0260. The van der Waals surface area contributed by atoms with Crippen molar-refractivity contribution < 1.29 is 219 Å². The summed E-state index contributed by atoms with van der Waals surface area (Å²) < 4.78 is 97.5. The van der Waals surface area contributed by atoms with Gasteiger partial charge in [0.2, 0.25) is 0 Å². The topological polar surface area (TPSA) is 714 Å². The monoisotopic (exact) mass is 2060 g/mol. The standard InChI is InChI=1S/C99H168O44/c1-41(49-15-17-51-47-13-11-43-29-45(19-25-95(43,3)53(47)21-27-97(49,51)5)130-89-81(126)73(118)85(61(37-106)138-89)142-93-77(122)69(114)65(110)57(33-102)134-93)9-7-23-99(39-128-87-79(124)71(116)83(59(35-104)136-87)140-91-75(120)67(112)63(108)55(31-100)132-91,40-129-88-80(125)72(117)84(60(36-105)137-88)141-92-76(121)68(113)64(109)56(32-101)133-92)24-8-10-42(2)50-16-18-52-48-14-12-44-30-46(20-26-96(44,4)54(48)22-28-98(50,52)6)131-90-82(127)74(119)86(62(38-107)139-90)143-94-78(123)70(115)66(111)58(34-103)135-94/h41-94,100-127H,7-40H2,1-6H3/t41?,42?,43?,44?,45?,46?,47?,48?,49?,50?,51?,52?,53?,54?,55?,56?,57?,58?,59?,60?,61?,62?,63-,64+,65-,66+,67?,68?,69?,70?,71?,72?,73?,74?,75+,76-,77+,78-,79+,80-,81+,82-,83-,84+,85-,86+,87-,88+,89-,90+,91-,92+,93-,94+,95?,96?,97?,98?,99?. The molecule has 0 bridgehead atoms. The summed E-state index contributed by atoms with van der Waals surface area (Å²) in [5.41, 5.74) is -1.35. The maximum Gasteiger partial charge on any atom is 0.187 e. The summed E-state index contributed by atoms with van der Waals surface area (Å²) >= 11 is 0. The van der Waals surface area contributed by atoms with Gasteiger partial charge in [-0.05, 0) is 221 Å². The highest BCUT2D eigenvalue weighted by molar-refractivity contribution is 5.14. The highest BCUT2D eigenvalue weighted by atomic mass is 16.8. The van der Waals surface area contributed by atoms with E-state index in [0.29, 0.717) is 112 Å². The summed E-state index contributed by atoms with van der Waals surface area (Å²) in [6.45, 7) is 7.61. The van der Waals surface area contributed by atoms with E-state index in [1.54, 1.807) is 0 Å². The molecule has 143 heavy (non-hydrogen) atoms.